The van der Waals surface area contributed by atoms with Crippen LogP contribution in [0.15, 0.2) is 24.3 Å². The summed E-state index contributed by atoms with van der Waals surface area (Å²) in [6, 6.07) is 8.07. The Morgan fingerprint density at radius 1 is 1.32 bits per heavy atom. The van der Waals surface area contributed by atoms with Gasteiger partial charge in [-0.05, 0) is 18.6 Å². The Kier molecular flexibility index (Phi) is 6.99. The summed E-state index contributed by atoms with van der Waals surface area (Å²) in [6.45, 7) is 4.81. The van der Waals surface area contributed by atoms with Crippen LogP contribution in [-0.4, -0.2) is 59.0 Å². The summed E-state index contributed by atoms with van der Waals surface area (Å²) in [6.07, 6.45) is 0.826. The Morgan fingerprint density at radius 3 is 2.86 bits per heavy atom. The van der Waals surface area contributed by atoms with Gasteiger partial charge in [0, 0.05) is 33.4 Å². The second kappa shape index (κ2) is 9.27. The van der Waals surface area contributed by atoms with Crippen LogP contribution in [0.4, 0.5) is 11.4 Å². The molecule has 0 saturated carbocycles. The quantitative estimate of drug-likeness (QED) is 0.704. The van der Waals surface area contributed by atoms with Crippen LogP contribution in [0, 0.1) is 0 Å². The second-order valence-electron chi connectivity index (χ2n) is 5.17. The van der Waals surface area contributed by atoms with E-state index in [1.54, 1.807) is 7.11 Å². The monoisotopic (exact) mass is 307 g/mol. The smallest absolute Gasteiger partial charge is 0.239 e. The molecule has 0 spiro atoms. The maximum absolute atomic E-state index is 11.8. The topological polar surface area (TPSA) is 62.8 Å². The predicted molar refractivity (Wildman–Crippen MR) is 87.5 cm³/mol. The fraction of sp³-hybridized carbons (Fsp3) is 0.562. The Hall–Kier alpha value is -1.79. The van der Waals surface area contributed by atoms with Gasteiger partial charge in [-0.1, -0.05) is 12.1 Å². The molecule has 0 aliphatic carbocycles. The van der Waals surface area contributed by atoms with E-state index in [2.05, 4.69) is 21.6 Å². The molecule has 0 bridgehead atoms. The molecule has 1 aromatic rings. The van der Waals surface area contributed by atoms with Gasteiger partial charge in [0.05, 0.1) is 31.1 Å². The number of benzene rings is 1. The van der Waals surface area contributed by atoms with Gasteiger partial charge in [0.2, 0.25) is 5.91 Å². The fourth-order valence-electron chi connectivity index (χ4n) is 2.39. The molecule has 22 heavy (non-hydrogen) atoms. The van der Waals surface area contributed by atoms with Gasteiger partial charge in [-0.3, -0.25) is 4.79 Å². The van der Waals surface area contributed by atoms with Crippen LogP contribution in [0.5, 0.6) is 0 Å². The largest absolute Gasteiger partial charge is 0.385 e. The molecule has 1 heterocycles. The van der Waals surface area contributed by atoms with Crippen molar-refractivity contribution in [3.63, 3.8) is 0 Å². The Bertz CT molecular complexity index is 462. The Balaban J connectivity index is 1.83. The maximum Gasteiger partial charge on any atom is 0.239 e. The van der Waals surface area contributed by atoms with E-state index in [-0.39, 0.29) is 12.5 Å². The first kappa shape index (κ1) is 16.6. The van der Waals surface area contributed by atoms with Crippen molar-refractivity contribution < 1.29 is 14.3 Å². The number of methoxy groups -OCH3 is 1. The van der Waals surface area contributed by atoms with E-state index in [9.17, 15) is 4.79 Å². The number of para-hydroxylation sites is 2. The lowest BCUT2D eigenvalue weighted by molar-refractivity contribution is -0.119. The van der Waals surface area contributed by atoms with Crippen molar-refractivity contribution >= 4 is 17.3 Å². The first-order valence-corrected chi connectivity index (χ1v) is 7.72. The number of hydrogen-bond acceptors (Lipinski definition) is 5. The zero-order valence-corrected chi connectivity index (χ0v) is 13.1. The Morgan fingerprint density at radius 2 is 2.09 bits per heavy atom. The first-order chi connectivity index (χ1) is 10.8. The zero-order valence-electron chi connectivity index (χ0n) is 13.1. The van der Waals surface area contributed by atoms with Crippen molar-refractivity contribution in [2.24, 2.45) is 0 Å². The molecule has 1 saturated heterocycles. The lowest BCUT2D eigenvalue weighted by Crippen LogP contribution is -2.37. The number of morpholine rings is 1. The minimum absolute atomic E-state index is 0.00659. The number of nitrogens with one attached hydrogen (secondary N) is 2. The first-order valence-electron chi connectivity index (χ1n) is 7.72. The highest BCUT2D eigenvalue weighted by molar-refractivity contribution is 5.82. The van der Waals surface area contributed by atoms with Gasteiger partial charge in [-0.25, -0.2) is 0 Å². The van der Waals surface area contributed by atoms with E-state index in [1.807, 2.05) is 18.2 Å². The number of anilines is 2. The lowest BCUT2D eigenvalue weighted by atomic mass is 10.2. The molecular formula is C16H25N3O3. The third kappa shape index (κ3) is 5.20. The molecule has 2 rings (SSSR count). The highest BCUT2D eigenvalue weighted by Crippen LogP contribution is 2.25. The molecule has 6 heteroatoms. The van der Waals surface area contributed by atoms with E-state index in [1.165, 1.54) is 0 Å². The van der Waals surface area contributed by atoms with E-state index < -0.39 is 0 Å². The van der Waals surface area contributed by atoms with Crippen molar-refractivity contribution in [3.8, 4) is 0 Å². The minimum atomic E-state index is -0.00659. The predicted octanol–water partition coefficient (Wildman–Crippen LogP) is 1.09. The molecule has 1 amide bonds. The molecule has 1 fully saturated rings. The van der Waals surface area contributed by atoms with Crippen molar-refractivity contribution in [1.29, 1.82) is 0 Å². The zero-order chi connectivity index (χ0) is 15.6. The molecule has 2 N–H and O–H groups in total. The van der Waals surface area contributed by atoms with E-state index >= 15 is 0 Å². The maximum atomic E-state index is 11.8. The van der Waals surface area contributed by atoms with Gasteiger partial charge in [0.1, 0.15) is 0 Å². The van der Waals surface area contributed by atoms with E-state index in [4.69, 9.17) is 9.47 Å². The molecule has 1 aliphatic rings. The second-order valence-corrected chi connectivity index (χ2v) is 5.17. The van der Waals surface area contributed by atoms with Gasteiger partial charge >= 0.3 is 0 Å². The summed E-state index contributed by atoms with van der Waals surface area (Å²) in [4.78, 5) is 14.1. The molecule has 0 unspecified atom stereocenters. The Labute approximate surface area is 131 Å². The van der Waals surface area contributed by atoms with Crippen LogP contribution in [-0.2, 0) is 14.3 Å². The summed E-state index contributed by atoms with van der Waals surface area (Å²) in [5, 5.41) is 6.10. The molecule has 1 aliphatic heterocycles. The lowest BCUT2D eigenvalue weighted by Gasteiger charge is -2.30. The van der Waals surface area contributed by atoms with Crippen LogP contribution in [0.1, 0.15) is 6.42 Å². The number of carbonyl (C=O) groups excluding carboxylic acids is 1. The van der Waals surface area contributed by atoms with Crippen LogP contribution < -0.4 is 15.5 Å². The summed E-state index contributed by atoms with van der Waals surface area (Å²) < 4.78 is 10.3. The third-order valence-corrected chi connectivity index (χ3v) is 3.54. The minimum Gasteiger partial charge on any atom is -0.385 e. The summed E-state index contributed by atoms with van der Waals surface area (Å²) in [5.74, 6) is -0.00659. The molecular weight excluding hydrogens is 282 g/mol. The fourth-order valence-corrected chi connectivity index (χ4v) is 2.39. The van der Waals surface area contributed by atoms with Crippen molar-refractivity contribution in [2.45, 2.75) is 6.42 Å². The van der Waals surface area contributed by atoms with Gasteiger partial charge in [-0.2, -0.15) is 0 Å². The summed E-state index contributed by atoms with van der Waals surface area (Å²) >= 11 is 0. The number of hydrogen-bond donors (Lipinski definition) is 2. The van der Waals surface area contributed by atoms with E-state index in [0.29, 0.717) is 13.2 Å². The molecule has 0 aromatic heterocycles. The highest BCUT2D eigenvalue weighted by atomic mass is 16.5. The van der Waals surface area contributed by atoms with Gasteiger partial charge < -0.3 is 25.0 Å². The van der Waals surface area contributed by atoms with Gasteiger partial charge in [0.25, 0.3) is 0 Å². The van der Waals surface area contributed by atoms with Crippen molar-refractivity contribution in [1.82, 2.24) is 5.32 Å². The standard InChI is InChI=1S/C16H25N3O3/c1-21-10-4-7-17-16(20)13-18-14-5-2-3-6-15(14)19-8-11-22-12-9-19/h2-3,5-6,18H,4,7-13H2,1H3,(H,17,20). The van der Waals surface area contributed by atoms with Crippen LogP contribution in [0.2, 0.25) is 0 Å². The molecule has 122 valence electrons. The van der Waals surface area contributed by atoms with Crippen molar-refractivity contribution in [2.75, 3.05) is 63.3 Å². The number of rotatable bonds is 8. The number of nitrogens with zero attached hydrogens (tertiary/aromatic N) is 1. The average molecular weight is 307 g/mol. The number of amides is 1. The number of ether oxygens (including phenoxy) is 2. The van der Waals surface area contributed by atoms with E-state index in [0.717, 1.165) is 44.1 Å². The number of carbonyl (C=O) groups is 1. The van der Waals surface area contributed by atoms with Crippen molar-refractivity contribution in [3.05, 3.63) is 24.3 Å². The average Bonchev–Trinajstić information content (AvgIpc) is 2.58. The van der Waals surface area contributed by atoms with Crippen LogP contribution in [0.3, 0.4) is 0 Å². The molecule has 6 nitrogen and oxygen atoms in total. The highest BCUT2D eigenvalue weighted by Gasteiger charge is 2.14. The molecule has 0 atom stereocenters. The SMILES string of the molecule is COCCCNC(=O)CNc1ccccc1N1CCOCC1. The molecule has 0 radical (unpaired) electrons. The third-order valence-electron chi connectivity index (χ3n) is 3.54. The molecule has 1 aromatic carbocycles. The summed E-state index contributed by atoms with van der Waals surface area (Å²) in [5.41, 5.74) is 2.11. The van der Waals surface area contributed by atoms with Crippen LogP contribution >= 0.6 is 0 Å². The van der Waals surface area contributed by atoms with Gasteiger partial charge in [-0.15, -0.1) is 0 Å². The normalized spacial score (nSPS) is 14.7. The van der Waals surface area contributed by atoms with Gasteiger partial charge in [0.15, 0.2) is 0 Å². The van der Waals surface area contributed by atoms with Crippen LogP contribution in [0.25, 0.3) is 0 Å². The summed E-state index contributed by atoms with van der Waals surface area (Å²) in [7, 11) is 1.66.